The molecule has 12 nitrogen and oxygen atoms in total. The molecular weight excluding hydrogens is 745 g/mol. The van der Waals surface area contributed by atoms with Crippen LogP contribution in [0.4, 0.5) is 20.2 Å². The van der Waals surface area contributed by atoms with Gasteiger partial charge in [-0.3, -0.25) is 28.5 Å². The lowest BCUT2D eigenvalue weighted by Crippen LogP contribution is -2.49. The van der Waals surface area contributed by atoms with Gasteiger partial charge in [-0.25, -0.2) is 18.1 Å². The Morgan fingerprint density at radius 1 is 0.833 bits per heavy atom. The molecule has 1 saturated carbocycles. The molecule has 282 valence electrons. The van der Waals surface area contributed by atoms with E-state index in [1.165, 1.54) is 22.9 Å². The Hall–Kier alpha value is -4.82. The number of anilines is 2. The van der Waals surface area contributed by atoms with Gasteiger partial charge in [-0.2, -0.15) is 0 Å². The molecule has 2 amide bonds. The van der Waals surface area contributed by atoms with Crippen molar-refractivity contribution < 1.29 is 27.8 Å². The lowest BCUT2D eigenvalue weighted by molar-refractivity contribution is -0.129. The quantitative estimate of drug-likeness (QED) is 0.232. The molecule has 0 saturated heterocycles. The fraction of sp³-hybridized carbons (Fsp3) is 0.421. The summed E-state index contributed by atoms with van der Waals surface area (Å²) in [6.45, 7) is 5.51. The maximum absolute atomic E-state index is 16.0. The van der Waals surface area contributed by atoms with Crippen LogP contribution in [-0.4, -0.2) is 49.3 Å². The number of ether oxygens (including phenoxy) is 2. The number of fused-ring (bicyclic) bond motifs is 4. The first-order valence-corrected chi connectivity index (χ1v) is 19.0. The predicted molar refractivity (Wildman–Crippen MR) is 198 cm³/mol. The molecular formula is C38H36Cl2F2N6O6. The van der Waals surface area contributed by atoms with Crippen LogP contribution in [0, 0.1) is 23.5 Å². The highest BCUT2D eigenvalue weighted by atomic mass is 35.5. The van der Waals surface area contributed by atoms with Crippen molar-refractivity contribution in [2.24, 2.45) is 11.8 Å². The summed E-state index contributed by atoms with van der Waals surface area (Å²) in [7, 11) is 0. The van der Waals surface area contributed by atoms with Gasteiger partial charge in [0.25, 0.3) is 22.9 Å². The van der Waals surface area contributed by atoms with Crippen LogP contribution in [0.5, 0.6) is 11.5 Å². The number of carbonyl (C=O) groups excluding carboxylic acids is 2. The Morgan fingerprint density at radius 3 is 2.15 bits per heavy atom. The first-order valence-electron chi connectivity index (χ1n) is 18.2. The average molecular weight is 782 g/mol. The summed E-state index contributed by atoms with van der Waals surface area (Å²) in [6.07, 6.45) is 6.53. The number of halogens is 4. The Kier molecular flexibility index (Phi) is 8.34. The second kappa shape index (κ2) is 12.9. The van der Waals surface area contributed by atoms with Crippen LogP contribution in [-0.2, 0) is 35.8 Å². The zero-order valence-corrected chi connectivity index (χ0v) is 30.7. The zero-order valence-electron chi connectivity index (χ0n) is 29.1. The number of nitrogens with zero attached hydrogens (tertiary/aromatic N) is 5. The molecule has 0 bridgehead atoms. The highest BCUT2D eigenvalue weighted by Gasteiger charge is 2.66. The maximum atomic E-state index is 16.0. The van der Waals surface area contributed by atoms with Gasteiger partial charge in [-0.1, -0.05) is 29.3 Å². The van der Waals surface area contributed by atoms with E-state index in [1.54, 1.807) is 25.0 Å². The molecule has 3 atom stereocenters. The molecule has 2 aromatic heterocycles. The summed E-state index contributed by atoms with van der Waals surface area (Å²) < 4.78 is 49.4. The van der Waals surface area contributed by atoms with Crippen molar-refractivity contribution in [2.75, 3.05) is 23.4 Å². The second-order valence-electron chi connectivity index (χ2n) is 14.7. The van der Waals surface area contributed by atoms with Gasteiger partial charge in [0.2, 0.25) is 0 Å². The second-order valence-corrected chi connectivity index (χ2v) is 15.5. The van der Waals surface area contributed by atoms with E-state index in [-0.39, 0.29) is 92.1 Å². The molecule has 4 aliphatic heterocycles. The molecule has 4 aromatic rings. The number of nitrogens with one attached hydrogen (secondary N) is 1. The Bertz CT molecular complexity index is 2420. The van der Waals surface area contributed by atoms with Crippen LogP contribution in [0.1, 0.15) is 44.9 Å². The standard InChI is InChI=1S/C38H36Cl2F2N6O6/c1-2-8-44-27-15-23(32-33(39)45-9-4-3-5-10-47(45)35(32)50)25(42)17-29(27)54-38(37(44)52)18-21(38)13-20-6-11-46-34(40)31(36(51)48(46)12-7-20)22-14-26-28(16-24(22)41)53-19-30(49)43-26/h2,14-17,20-21H,1,3-13,18-19H2,(H,43,49). The van der Waals surface area contributed by atoms with Crippen LogP contribution >= 0.6 is 23.2 Å². The number of hydrogen-bond acceptors (Lipinski definition) is 6. The number of rotatable bonds is 6. The van der Waals surface area contributed by atoms with Crippen molar-refractivity contribution in [3.05, 3.63) is 79.6 Å². The largest absolute Gasteiger partial charge is 0.481 e. The fourth-order valence-electron chi connectivity index (χ4n) is 8.73. The van der Waals surface area contributed by atoms with Crippen molar-refractivity contribution in [2.45, 2.75) is 76.7 Å². The molecule has 9 rings (SSSR count). The third-order valence-electron chi connectivity index (χ3n) is 11.5. The van der Waals surface area contributed by atoms with Gasteiger partial charge in [0.1, 0.15) is 33.4 Å². The van der Waals surface area contributed by atoms with Gasteiger partial charge in [0.15, 0.2) is 12.2 Å². The maximum Gasteiger partial charge on any atom is 0.276 e. The third kappa shape index (κ3) is 5.35. The Morgan fingerprint density at radius 2 is 1.44 bits per heavy atom. The molecule has 54 heavy (non-hydrogen) atoms. The molecule has 2 aromatic carbocycles. The topological polar surface area (TPSA) is 122 Å². The fourth-order valence-corrected chi connectivity index (χ4v) is 9.44. The molecule has 3 unspecified atom stereocenters. The summed E-state index contributed by atoms with van der Waals surface area (Å²) in [5.74, 6) is -1.70. The highest BCUT2D eigenvalue weighted by molar-refractivity contribution is 6.32. The van der Waals surface area contributed by atoms with Gasteiger partial charge in [-0.15, -0.1) is 6.58 Å². The van der Waals surface area contributed by atoms with Gasteiger partial charge in [0, 0.05) is 68.3 Å². The van der Waals surface area contributed by atoms with E-state index in [0.717, 1.165) is 25.3 Å². The van der Waals surface area contributed by atoms with Crippen molar-refractivity contribution in [3.63, 3.8) is 0 Å². The number of amides is 2. The van der Waals surface area contributed by atoms with E-state index in [1.807, 2.05) is 0 Å². The lowest BCUT2D eigenvalue weighted by Gasteiger charge is -2.35. The molecule has 1 aliphatic carbocycles. The molecule has 16 heteroatoms. The summed E-state index contributed by atoms with van der Waals surface area (Å²) in [4.78, 5) is 54.8. The zero-order chi connectivity index (χ0) is 37.6. The van der Waals surface area contributed by atoms with Crippen LogP contribution in [0.25, 0.3) is 22.3 Å². The highest BCUT2D eigenvalue weighted by Crippen LogP contribution is 2.57. The minimum Gasteiger partial charge on any atom is -0.481 e. The SMILES string of the molecule is C=CCN1C(=O)C2(CC2CC2CCn3c(Cl)c(-c4cc5c(cc4F)OCC(=O)N5)c(=O)n3CC2)Oc2cc(F)c(-c3c(Cl)n4n(c3=O)CCCCC4)cc21. The van der Waals surface area contributed by atoms with Crippen molar-refractivity contribution in [1.29, 1.82) is 0 Å². The van der Waals surface area contributed by atoms with E-state index >= 15 is 8.78 Å². The molecule has 5 aliphatic rings. The van der Waals surface area contributed by atoms with E-state index in [0.29, 0.717) is 57.5 Å². The van der Waals surface area contributed by atoms with E-state index in [9.17, 15) is 19.2 Å². The van der Waals surface area contributed by atoms with Crippen LogP contribution in [0.2, 0.25) is 10.3 Å². The number of benzene rings is 2. The Balaban J connectivity index is 0.951. The average Bonchev–Trinajstić information content (AvgIpc) is 3.83. The smallest absolute Gasteiger partial charge is 0.276 e. The summed E-state index contributed by atoms with van der Waals surface area (Å²) in [5, 5.41) is 2.90. The van der Waals surface area contributed by atoms with Gasteiger partial charge in [0.05, 0.1) is 22.5 Å². The first-order chi connectivity index (χ1) is 26.0. The molecule has 6 heterocycles. The van der Waals surface area contributed by atoms with E-state index in [2.05, 4.69) is 11.9 Å². The predicted octanol–water partition coefficient (Wildman–Crippen LogP) is 6.22. The third-order valence-corrected chi connectivity index (χ3v) is 12.3. The number of hydrogen-bond donors (Lipinski definition) is 1. The van der Waals surface area contributed by atoms with E-state index < -0.39 is 22.8 Å². The molecule has 1 fully saturated rings. The lowest BCUT2D eigenvalue weighted by atomic mass is 9.93. The van der Waals surface area contributed by atoms with Crippen molar-refractivity contribution in [3.8, 4) is 33.8 Å². The first kappa shape index (κ1) is 34.9. The number of aromatic nitrogens is 4. The summed E-state index contributed by atoms with van der Waals surface area (Å²) in [5.41, 5.74) is -1.34. The molecule has 1 spiro atoms. The monoisotopic (exact) mass is 780 g/mol. The summed E-state index contributed by atoms with van der Waals surface area (Å²) in [6, 6.07) is 5.23. The van der Waals surface area contributed by atoms with Gasteiger partial charge >= 0.3 is 0 Å². The minimum atomic E-state index is -1.18. The normalized spacial score (nSPS) is 22.9. The van der Waals surface area contributed by atoms with Crippen LogP contribution < -0.4 is 30.8 Å². The van der Waals surface area contributed by atoms with E-state index in [4.69, 9.17) is 32.7 Å². The molecule has 0 radical (unpaired) electrons. The van der Waals surface area contributed by atoms with Gasteiger partial charge < -0.3 is 19.7 Å². The molecule has 1 N–H and O–H groups in total. The van der Waals surface area contributed by atoms with Gasteiger partial charge in [-0.05, 0) is 56.6 Å². The van der Waals surface area contributed by atoms with Crippen LogP contribution in [0.15, 0.2) is 46.5 Å². The minimum absolute atomic E-state index is 0.00799. The summed E-state index contributed by atoms with van der Waals surface area (Å²) >= 11 is 13.5. The van der Waals surface area contributed by atoms with Crippen LogP contribution in [0.3, 0.4) is 0 Å². The number of carbonyl (C=O) groups is 2. The van der Waals surface area contributed by atoms with Crippen molar-refractivity contribution in [1.82, 2.24) is 18.7 Å². The van der Waals surface area contributed by atoms with Crippen molar-refractivity contribution >= 4 is 46.4 Å². The Labute approximate surface area is 317 Å².